The lowest BCUT2D eigenvalue weighted by atomic mass is 9.96. The molecule has 0 aliphatic carbocycles. The molecule has 0 saturated carbocycles. The highest BCUT2D eigenvalue weighted by Crippen LogP contribution is 2.19. The minimum absolute atomic E-state index is 0. The lowest BCUT2D eigenvalue weighted by Crippen LogP contribution is -2.40. The van der Waals surface area contributed by atoms with Gasteiger partial charge in [-0.2, -0.15) is 5.10 Å². The summed E-state index contributed by atoms with van der Waals surface area (Å²) in [5, 5.41) is 7.56. The molecule has 0 radical (unpaired) electrons. The number of aryl methyl sites for hydroxylation is 2. The minimum Gasteiger partial charge on any atom is -0.357 e. The second kappa shape index (κ2) is 12.2. The number of nitrogens with one attached hydrogen (secondary N) is 1. The highest BCUT2D eigenvalue weighted by Gasteiger charge is 2.19. The molecule has 1 aliphatic rings. The van der Waals surface area contributed by atoms with Crippen LogP contribution in [0.4, 0.5) is 0 Å². The average Bonchev–Trinajstić information content (AvgIpc) is 3.12. The van der Waals surface area contributed by atoms with Gasteiger partial charge in [-0.15, -0.1) is 24.0 Å². The number of hydrogen-bond acceptors (Lipinski definition) is 4. The third-order valence-electron chi connectivity index (χ3n) is 5.61. The van der Waals surface area contributed by atoms with Crippen molar-refractivity contribution >= 4 is 29.9 Å². The van der Waals surface area contributed by atoms with Crippen LogP contribution < -0.4 is 5.32 Å². The Morgan fingerprint density at radius 1 is 1.23 bits per heavy atom. The Bertz CT molecular complexity index is 779. The standard InChI is InChI=1S/C22H35N7.HI/c1-5-23-22(27(3)16-21-25-17-26-28(21)4)24-14-19-10-12-29(13-11-19)15-20-8-6-18(2)7-9-20;/h6-9,17,19H,5,10-16H2,1-4H3,(H,23,24);1H. The van der Waals surface area contributed by atoms with Gasteiger partial charge in [-0.3, -0.25) is 14.6 Å². The van der Waals surface area contributed by atoms with Crippen LogP contribution in [0.1, 0.15) is 36.7 Å². The summed E-state index contributed by atoms with van der Waals surface area (Å²) in [7, 11) is 3.98. The molecule has 0 spiro atoms. The van der Waals surface area contributed by atoms with Gasteiger partial charge >= 0.3 is 0 Å². The first-order valence-electron chi connectivity index (χ1n) is 10.7. The molecule has 166 valence electrons. The summed E-state index contributed by atoms with van der Waals surface area (Å²) in [6, 6.07) is 8.91. The predicted molar refractivity (Wildman–Crippen MR) is 133 cm³/mol. The maximum absolute atomic E-state index is 4.92. The van der Waals surface area contributed by atoms with E-state index in [9.17, 15) is 0 Å². The zero-order valence-corrected chi connectivity index (χ0v) is 21.0. The number of aliphatic imine (C=N–C) groups is 1. The molecular weight excluding hydrogens is 489 g/mol. The van der Waals surface area contributed by atoms with E-state index in [-0.39, 0.29) is 24.0 Å². The van der Waals surface area contributed by atoms with E-state index in [1.54, 1.807) is 6.33 Å². The van der Waals surface area contributed by atoms with E-state index in [2.05, 4.69) is 70.4 Å². The Kier molecular flexibility index (Phi) is 10.0. The zero-order chi connectivity index (χ0) is 20.6. The van der Waals surface area contributed by atoms with E-state index in [4.69, 9.17) is 4.99 Å². The van der Waals surface area contributed by atoms with Gasteiger partial charge in [0.1, 0.15) is 12.2 Å². The lowest BCUT2D eigenvalue weighted by Gasteiger charge is -2.31. The molecule has 1 N–H and O–H groups in total. The molecule has 0 bridgehead atoms. The predicted octanol–water partition coefficient (Wildman–Crippen LogP) is 3.05. The fourth-order valence-corrected chi connectivity index (χ4v) is 3.71. The van der Waals surface area contributed by atoms with E-state index in [1.807, 2.05) is 11.7 Å². The monoisotopic (exact) mass is 525 g/mol. The molecule has 0 atom stereocenters. The van der Waals surface area contributed by atoms with Crippen LogP contribution in [-0.4, -0.2) is 63.8 Å². The van der Waals surface area contributed by atoms with Crippen molar-refractivity contribution in [1.82, 2.24) is 29.9 Å². The molecule has 3 rings (SSSR count). The van der Waals surface area contributed by atoms with Crippen molar-refractivity contribution < 1.29 is 0 Å². The number of hydrogen-bond donors (Lipinski definition) is 1. The van der Waals surface area contributed by atoms with Gasteiger partial charge in [-0.25, -0.2) is 4.98 Å². The topological polar surface area (TPSA) is 61.6 Å². The Hall–Kier alpha value is -1.68. The van der Waals surface area contributed by atoms with Crippen molar-refractivity contribution in [2.24, 2.45) is 18.0 Å². The van der Waals surface area contributed by atoms with Gasteiger partial charge in [0.2, 0.25) is 0 Å². The van der Waals surface area contributed by atoms with Crippen LogP contribution in [0.2, 0.25) is 0 Å². The molecule has 1 fully saturated rings. The number of halogens is 1. The molecule has 8 heteroatoms. The molecule has 1 saturated heterocycles. The Morgan fingerprint density at radius 2 is 1.93 bits per heavy atom. The summed E-state index contributed by atoms with van der Waals surface area (Å²) in [5.41, 5.74) is 2.73. The van der Waals surface area contributed by atoms with Gasteiger partial charge in [-0.1, -0.05) is 29.8 Å². The first-order valence-corrected chi connectivity index (χ1v) is 10.7. The second-order valence-corrected chi connectivity index (χ2v) is 8.06. The Labute approximate surface area is 198 Å². The molecule has 30 heavy (non-hydrogen) atoms. The van der Waals surface area contributed by atoms with Crippen LogP contribution in [0.3, 0.4) is 0 Å². The summed E-state index contributed by atoms with van der Waals surface area (Å²) < 4.78 is 1.81. The highest BCUT2D eigenvalue weighted by atomic mass is 127. The van der Waals surface area contributed by atoms with Crippen LogP contribution in [0, 0.1) is 12.8 Å². The SMILES string of the molecule is CCNC(=NCC1CCN(Cc2ccc(C)cc2)CC1)N(C)Cc1ncnn1C.I. The molecule has 2 aromatic rings. The lowest BCUT2D eigenvalue weighted by molar-refractivity contribution is 0.180. The molecular formula is C22H36IN7. The number of aromatic nitrogens is 3. The third kappa shape index (κ3) is 7.23. The highest BCUT2D eigenvalue weighted by molar-refractivity contribution is 14.0. The molecule has 1 aliphatic heterocycles. The van der Waals surface area contributed by atoms with E-state index in [1.165, 1.54) is 24.0 Å². The average molecular weight is 525 g/mol. The minimum atomic E-state index is 0. The van der Waals surface area contributed by atoms with Crippen LogP contribution in [0.15, 0.2) is 35.6 Å². The molecule has 1 aromatic heterocycles. The Balaban J connectivity index is 0.00000320. The largest absolute Gasteiger partial charge is 0.357 e. The van der Waals surface area contributed by atoms with Gasteiger partial charge in [0, 0.05) is 33.7 Å². The summed E-state index contributed by atoms with van der Waals surface area (Å²) in [5.74, 6) is 2.53. The fraction of sp³-hybridized carbons (Fsp3) is 0.591. The van der Waals surface area contributed by atoms with Crippen molar-refractivity contribution in [1.29, 1.82) is 0 Å². The van der Waals surface area contributed by atoms with Gasteiger partial charge < -0.3 is 10.2 Å². The summed E-state index contributed by atoms with van der Waals surface area (Å²) in [6.45, 7) is 10.0. The molecule has 0 unspecified atom stereocenters. The van der Waals surface area contributed by atoms with E-state index < -0.39 is 0 Å². The first-order chi connectivity index (χ1) is 14.0. The summed E-state index contributed by atoms with van der Waals surface area (Å²) >= 11 is 0. The van der Waals surface area contributed by atoms with Gasteiger partial charge in [0.25, 0.3) is 0 Å². The molecule has 2 heterocycles. The van der Waals surface area contributed by atoms with Crippen LogP contribution in [0.5, 0.6) is 0 Å². The number of guanidine groups is 1. The van der Waals surface area contributed by atoms with Crippen LogP contribution >= 0.6 is 24.0 Å². The van der Waals surface area contributed by atoms with Gasteiger partial charge in [0.15, 0.2) is 5.96 Å². The number of nitrogens with zero attached hydrogens (tertiary/aromatic N) is 6. The van der Waals surface area contributed by atoms with E-state index in [0.717, 1.165) is 44.5 Å². The van der Waals surface area contributed by atoms with Crippen molar-refractivity contribution in [3.05, 3.63) is 47.5 Å². The maximum Gasteiger partial charge on any atom is 0.194 e. The molecule has 1 aromatic carbocycles. The van der Waals surface area contributed by atoms with Crippen LogP contribution in [-0.2, 0) is 20.1 Å². The normalized spacial score (nSPS) is 15.7. The number of piperidine rings is 1. The van der Waals surface area contributed by atoms with Crippen LogP contribution in [0.25, 0.3) is 0 Å². The maximum atomic E-state index is 4.92. The van der Waals surface area contributed by atoms with E-state index in [0.29, 0.717) is 12.5 Å². The van der Waals surface area contributed by atoms with Gasteiger partial charge in [0.05, 0.1) is 6.54 Å². The zero-order valence-electron chi connectivity index (χ0n) is 18.7. The number of likely N-dealkylation sites (tertiary alicyclic amines) is 1. The van der Waals surface area contributed by atoms with Crippen molar-refractivity contribution in [2.45, 2.75) is 39.8 Å². The summed E-state index contributed by atoms with van der Waals surface area (Å²) in [6.07, 6.45) is 4.02. The third-order valence-corrected chi connectivity index (χ3v) is 5.61. The van der Waals surface area contributed by atoms with Crippen molar-refractivity contribution in [3.8, 4) is 0 Å². The Morgan fingerprint density at radius 3 is 2.53 bits per heavy atom. The van der Waals surface area contributed by atoms with E-state index >= 15 is 0 Å². The number of rotatable bonds is 7. The first kappa shape index (κ1) is 24.6. The second-order valence-electron chi connectivity index (χ2n) is 8.06. The smallest absolute Gasteiger partial charge is 0.194 e. The van der Waals surface area contributed by atoms with Gasteiger partial charge in [-0.05, 0) is 51.3 Å². The molecule has 0 amide bonds. The summed E-state index contributed by atoms with van der Waals surface area (Å²) in [4.78, 5) is 13.9. The van der Waals surface area contributed by atoms with Crippen molar-refractivity contribution in [2.75, 3.05) is 33.2 Å². The molecule has 7 nitrogen and oxygen atoms in total. The van der Waals surface area contributed by atoms with Crippen molar-refractivity contribution in [3.63, 3.8) is 0 Å². The number of benzene rings is 1. The quantitative estimate of drug-likeness (QED) is 0.342. The fourth-order valence-electron chi connectivity index (χ4n) is 3.71.